The van der Waals surface area contributed by atoms with Gasteiger partial charge in [-0.15, -0.1) is 0 Å². The highest BCUT2D eigenvalue weighted by Crippen LogP contribution is 2.51. The highest BCUT2D eigenvalue weighted by Gasteiger charge is 2.43. The van der Waals surface area contributed by atoms with Gasteiger partial charge < -0.3 is 4.98 Å². The molecule has 1 aliphatic rings. The molecule has 0 bridgehead atoms. The molecule has 0 unspecified atom stereocenters. The molecular formula is C15H18N2O. The first kappa shape index (κ1) is 11.3. The van der Waals surface area contributed by atoms with Crippen LogP contribution in [0.25, 0.3) is 0 Å². The molecule has 0 saturated heterocycles. The normalized spacial score (nSPS) is 16.7. The predicted molar refractivity (Wildman–Crippen MR) is 71.8 cm³/mol. The number of aryl methyl sites for hydroxylation is 2. The summed E-state index contributed by atoms with van der Waals surface area (Å²) in [7, 11) is 0. The monoisotopic (exact) mass is 242 g/mol. The summed E-state index contributed by atoms with van der Waals surface area (Å²) >= 11 is 0. The maximum absolute atomic E-state index is 11.4. The van der Waals surface area contributed by atoms with Crippen molar-refractivity contribution in [3.8, 4) is 0 Å². The first-order valence-corrected chi connectivity index (χ1v) is 6.51. The van der Waals surface area contributed by atoms with Crippen LogP contribution in [0.4, 0.5) is 0 Å². The quantitative estimate of drug-likeness (QED) is 0.879. The van der Waals surface area contributed by atoms with Crippen molar-refractivity contribution in [2.75, 3.05) is 0 Å². The Bertz CT molecular complexity index is 587. The van der Waals surface area contributed by atoms with E-state index in [9.17, 15) is 4.79 Å². The van der Waals surface area contributed by atoms with Crippen molar-refractivity contribution in [2.45, 2.75) is 38.1 Å². The SMILES string of the molecule is Cc1ccc(C2(CCn3cc[nH]c3=O)CC2)cc1. The van der Waals surface area contributed by atoms with Crippen LogP contribution in [0.2, 0.25) is 0 Å². The van der Waals surface area contributed by atoms with E-state index in [1.165, 1.54) is 24.0 Å². The second-order valence-electron chi connectivity index (χ2n) is 5.35. The van der Waals surface area contributed by atoms with Gasteiger partial charge in [0.1, 0.15) is 0 Å². The fraction of sp³-hybridized carbons (Fsp3) is 0.400. The molecule has 94 valence electrons. The van der Waals surface area contributed by atoms with Gasteiger partial charge in [-0.25, -0.2) is 4.79 Å². The summed E-state index contributed by atoms with van der Waals surface area (Å²) in [5.41, 5.74) is 3.05. The number of nitrogens with zero attached hydrogens (tertiary/aromatic N) is 1. The number of aromatic nitrogens is 2. The molecule has 0 amide bonds. The standard InChI is InChI=1S/C15H18N2O/c1-12-2-4-13(5-3-12)15(6-7-15)8-10-17-11-9-16-14(17)18/h2-5,9,11H,6-8,10H2,1H3,(H,16,18). The second-order valence-corrected chi connectivity index (χ2v) is 5.35. The second kappa shape index (κ2) is 4.16. The molecule has 1 aromatic carbocycles. The number of H-pyrrole nitrogens is 1. The summed E-state index contributed by atoms with van der Waals surface area (Å²) in [5.74, 6) is 0. The zero-order valence-electron chi connectivity index (χ0n) is 10.6. The molecule has 3 heteroatoms. The number of nitrogens with one attached hydrogen (secondary N) is 1. The molecular weight excluding hydrogens is 224 g/mol. The summed E-state index contributed by atoms with van der Waals surface area (Å²) in [6, 6.07) is 8.83. The Morgan fingerprint density at radius 1 is 1.28 bits per heavy atom. The number of imidazole rings is 1. The summed E-state index contributed by atoms with van der Waals surface area (Å²) < 4.78 is 1.76. The highest BCUT2D eigenvalue weighted by molar-refractivity contribution is 5.33. The number of hydrogen-bond donors (Lipinski definition) is 1. The van der Waals surface area contributed by atoms with E-state index in [1.807, 2.05) is 6.20 Å². The molecule has 1 N–H and O–H groups in total. The fourth-order valence-corrected chi connectivity index (χ4v) is 2.60. The Hall–Kier alpha value is -1.77. The molecule has 3 rings (SSSR count). The van der Waals surface area contributed by atoms with Crippen LogP contribution in [0.1, 0.15) is 30.4 Å². The average Bonchev–Trinajstić information content (AvgIpc) is 3.05. The van der Waals surface area contributed by atoms with Crippen molar-refractivity contribution >= 4 is 0 Å². The third kappa shape index (κ3) is 2.01. The van der Waals surface area contributed by atoms with Crippen molar-refractivity contribution in [3.05, 3.63) is 58.3 Å². The zero-order valence-corrected chi connectivity index (χ0v) is 10.6. The third-order valence-electron chi connectivity index (χ3n) is 4.07. The van der Waals surface area contributed by atoms with Gasteiger partial charge in [0.15, 0.2) is 0 Å². The summed E-state index contributed by atoms with van der Waals surface area (Å²) in [5, 5.41) is 0. The number of aromatic amines is 1. The van der Waals surface area contributed by atoms with Gasteiger partial charge >= 0.3 is 5.69 Å². The van der Waals surface area contributed by atoms with Crippen LogP contribution in [0.3, 0.4) is 0 Å². The van der Waals surface area contributed by atoms with E-state index in [1.54, 1.807) is 10.8 Å². The molecule has 0 spiro atoms. The Kier molecular flexibility index (Phi) is 2.62. The van der Waals surface area contributed by atoms with E-state index >= 15 is 0 Å². The lowest BCUT2D eigenvalue weighted by Gasteiger charge is -2.16. The smallest absolute Gasteiger partial charge is 0.313 e. The largest absolute Gasteiger partial charge is 0.325 e. The molecule has 1 fully saturated rings. The summed E-state index contributed by atoms with van der Waals surface area (Å²) in [6.07, 6.45) is 7.07. The van der Waals surface area contributed by atoms with E-state index in [-0.39, 0.29) is 5.69 Å². The van der Waals surface area contributed by atoms with Gasteiger partial charge in [-0.2, -0.15) is 0 Å². The van der Waals surface area contributed by atoms with Gasteiger partial charge in [0.25, 0.3) is 0 Å². The first-order chi connectivity index (χ1) is 8.70. The van der Waals surface area contributed by atoms with Crippen molar-refractivity contribution in [3.63, 3.8) is 0 Å². The van der Waals surface area contributed by atoms with Gasteiger partial charge in [0, 0.05) is 18.9 Å². The molecule has 0 aliphatic heterocycles. The molecule has 18 heavy (non-hydrogen) atoms. The zero-order chi connectivity index (χ0) is 12.6. The number of rotatable bonds is 4. The molecule has 1 aromatic heterocycles. The van der Waals surface area contributed by atoms with Crippen LogP contribution in [0.15, 0.2) is 41.5 Å². The Morgan fingerprint density at radius 3 is 2.56 bits per heavy atom. The van der Waals surface area contributed by atoms with Crippen LogP contribution in [-0.2, 0) is 12.0 Å². The lowest BCUT2D eigenvalue weighted by Crippen LogP contribution is -2.19. The lowest BCUT2D eigenvalue weighted by molar-refractivity contribution is 0.528. The fourth-order valence-electron chi connectivity index (χ4n) is 2.60. The Labute approximate surface area is 106 Å². The molecule has 0 radical (unpaired) electrons. The minimum Gasteiger partial charge on any atom is -0.313 e. The molecule has 1 aliphatic carbocycles. The maximum atomic E-state index is 11.4. The Morgan fingerprint density at radius 2 is 2.00 bits per heavy atom. The van der Waals surface area contributed by atoms with Crippen LogP contribution < -0.4 is 5.69 Å². The summed E-state index contributed by atoms with van der Waals surface area (Å²) in [4.78, 5) is 14.1. The van der Waals surface area contributed by atoms with E-state index in [4.69, 9.17) is 0 Å². The molecule has 1 heterocycles. The van der Waals surface area contributed by atoms with Crippen molar-refractivity contribution in [2.24, 2.45) is 0 Å². The van der Waals surface area contributed by atoms with E-state index < -0.39 is 0 Å². The van der Waals surface area contributed by atoms with Crippen LogP contribution in [0, 0.1) is 6.92 Å². The molecule has 3 nitrogen and oxygen atoms in total. The van der Waals surface area contributed by atoms with Gasteiger partial charge in [-0.3, -0.25) is 4.57 Å². The van der Waals surface area contributed by atoms with Gasteiger partial charge in [-0.1, -0.05) is 29.8 Å². The van der Waals surface area contributed by atoms with Crippen LogP contribution in [0.5, 0.6) is 0 Å². The topological polar surface area (TPSA) is 37.8 Å². The first-order valence-electron chi connectivity index (χ1n) is 6.51. The van der Waals surface area contributed by atoms with Crippen LogP contribution in [-0.4, -0.2) is 9.55 Å². The van der Waals surface area contributed by atoms with Gasteiger partial charge in [0.2, 0.25) is 0 Å². The maximum Gasteiger partial charge on any atom is 0.325 e. The predicted octanol–water partition coefficient (Wildman–Crippen LogP) is 2.61. The molecule has 0 atom stereocenters. The lowest BCUT2D eigenvalue weighted by atomic mass is 9.92. The molecule has 2 aromatic rings. The van der Waals surface area contributed by atoms with Crippen molar-refractivity contribution in [1.29, 1.82) is 0 Å². The summed E-state index contributed by atoms with van der Waals surface area (Å²) in [6.45, 7) is 2.92. The van der Waals surface area contributed by atoms with Crippen molar-refractivity contribution in [1.82, 2.24) is 9.55 Å². The average molecular weight is 242 g/mol. The van der Waals surface area contributed by atoms with E-state index in [2.05, 4.69) is 36.2 Å². The van der Waals surface area contributed by atoms with E-state index in [0.717, 1.165) is 13.0 Å². The van der Waals surface area contributed by atoms with E-state index in [0.29, 0.717) is 5.41 Å². The van der Waals surface area contributed by atoms with Crippen LogP contribution >= 0.6 is 0 Å². The minimum atomic E-state index is -0.00490. The van der Waals surface area contributed by atoms with Gasteiger partial charge in [0.05, 0.1) is 0 Å². The number of benzene rings is 1. The number of hydrogen-bond acceptors (Lipinski definition) is 1. The Balaban J connectivity index is 1.74. The molecule has 1 saturated carbocycles. The highest BCUT2D eigenvalue weighted by atomic mass is 16.1. The minimum absolute atomic E-state index is 0.00490. The third-order valence-corrected chi connectivity index (χ3v) is 4.07. The van der Waals surface area contributed by atoms with Crippen molar-refractivity contribution < 1.29 is 0 Å². The van der Waals surface area contributed by atoms with Gasteiger partial charge in [-0.05, 0) is 37.2 Å².